The summed E-state index contributed by atoms with van der Waals surface area (Å²) in [5.74, 6) is -7.06. The van der Waals surface area contributed by atoms with Crippen LogP contribution in [-0.2, 0) is 63.7 Å². The lowest BCUT2D eigenvalue weighted by Crippen LogP contribution is -2.61. The maximum absolute atomic E-state index is 14.9. The third-order valence-corrected chi connectivity index (χ3v) is 19.6. The van der Waals surface area contributed by atoms with E-state index in [1.54, 1.807) is 53.5 Å². The minimum Gasteiger partial charge on any atom is -0.460 e. The zero-order valence-electron chi connectivity index (χ0n) is 56.7. The molecule has 21 heteroatoms. The predicted molar refractivity (Wildman–Crippen MR) is 346 cm³/mol. The number of carbonyl (C=O) groups is 5. The van der Waals surface area contributed by atoms with Crippen molar-refractivity contribution in [3.05, 3.63) is 71.4 Å². The molecule has 4 fully saturated rings. The Morgan fingerprint density at radius 1 is 0.813 bits per heavy atom. The van der Waals surface area contributed by atoms with Crippen LogP contribution in [0.5, 0.6) is 0 Å². The van der Waals surface area contributed by atoms with Gasteiger partial charge >= 0.3 is 11.9 Å². The van der Waals surface area contributed by atoms with Gasteiger partial charge < -0.3 is 63.3 Å². The van der Waals surface area contributed by atoms with Crippen LogP contribution in [0.3, 0.4) is 0 Å². The van der Waals surface area contributed by atoms with Crippen molar-refractivity contribution in [1.82, 2.24) is 24.7 Å². The number of amides is 1. The van der Waals surface area contributed by atoms with Crippen LogP contribution in [0.25, 0.3) is 0 Å². The molecule has 0 spiro atoms. The number of nitrogens with zero attached hydrogens (tertiary/aromatic N) is 6. The number of hydrogen-bond donors (Lipinski definition) is 3. The van der Waals surface area contributed by atoms with Crippen molar-refractivity contribution >= 4 is 35.1 Å². The van der Waals surface area contributed by atoms with Crippen LogP contribution in [0.4, 0.5) is 0 Å². The van der Waals surface area contributed by atoms with E-state index in [9.17, 15) is 39.3 Å². The molecule has 91 heavy (non-hydrogen) atoms. The third-order valence-electron chi connectivity index (χ3n) is 19.6. The highest BCUT2D eigenvalue weighted by Crippen LogP contribution is 2.39. The van der Waals surface area contributed by atoms with Crippen molar-refractivity contribution in [2.24, 2.45) is 40.7 Å². The molecule has 0 radical (unpaired) electrons. The van der Waals surface area contributed by atoms with Crippen LogP contribution in [0.2, 0.25) is 0 Å². The average Bonchev–Trinajstić information content (AvgIpc) is 1.58. The molecule has 16 atom stereocenters. The van der Waals surface area contributed by atoms with Crippen LogP contribution in [-0.4, -0.2) is 210 Å². The van der Waals surface area contributed by atoms with Crippen LogP contribution in [0.15, 0.2) is 65.2 Å². The van der Waals surface area contributed by atoms with Gasteiger partial charge in [-0.05, 0) is 152 Å². The van der Waals surface area contributed by atoms with Crippen molar-refractivity contribution in [3.63, 3.8) is 0 Å². The third kappa shape index (κ3) is 22.5. The van der Waals surface area contributed by atoms with Gasteiger partial charge in [-0.3, -0.25) is 19.2 Å². The molecule has 2 bridgehead atoms. The van der Waals surface area contributed by atoms with Crippen LogP contribution in [0, 0.1) is 42.4 Å². The normalized spacial score (nSPS) is 34.8. The largest absolute Gasteiger partial charge is 0.460 e. The zero-order chi connectivity index (χ0) is 66.4. The van der Waals surface area contributed by atoms with Gasteiger partial charge in [0.2, 0.25) is 5.79 Å². The number of piperazine rings is 1. The second-order valence-corrected chi connectivity index (χ2v) is 26.9. The van der Waals surface area contributed by atoms with Crippen molar-refractivity contribution in [2.75, 3.05) is 74.3 Å². The quantitative estimate of drug-likeness (QED) is 0.0413. The van der Waals surface area contributed by atoms with E-state index in [1.165, 1.54) is 12.0 Å². The lowest BCUT2D eigenvalue weighted by molar-refractivity contribution is -0.265. The number of ketones is 2. The van der Waals surface area contributed by atoms with Gasteiger partial charge in [0.1, 0.15) is 36.3 Å². The number of aliphatic hydroxyl groups is 3. The van der Waals surface area contributed by atoms with E-state index in [4.69, 9.17) is 33.3 Å². The number of rotatable bonds is 18. The van der Waals surface area contributed by atoms with Crippen LogP contribution in [0.1, 0.15) is 163 Å². The van der Waals surface area contributed by atoms with Crippen molar-refractivity contribution in [1.29, 1.82) is 0 Å². The topological polar surface area (TPSA) is 259 Å². The number of allylic oxidation sites excluding steroid dienone is 5. The molecule has 0 aromatic carbocycles. The molecule has 0 unspecified atom stereocenters. The Kier molecular flexibility index (Phi) is 30.6. The number of methoxy groups -OCH3 is 3. The van der Waals surface area contributed by atoms with Gasteiger partial charge in [0, 0.05) is 110 Å². The van der Waals surface area contributed by atoms with Crippen LogP contribution < -0.4 is 0 Å². The maximum Gasteiger partial charge on any atom is 0.329 e. The molecule has 3 saturated heterocycles. The summed E-state index contributed by atoms with van der Waals surface area (Å²) in [6.07, 6.45) is 16.8. The van der Waals surface area contributed by atoms with Gasteiger partial charge in [-0.15, -0.1) is 0 Å². The molecule has 6 rings (SSSR count). The van der Waals surface area contributed by atoms with E-state index in [1.807, 2.05) is 52.0 Å². The zero-order valence-corrected chi connectivity index (χ0v) is 56.7. The number of carbonyl (C=O) groups excluding carboxylic acids is 5. The first-order valence-electron chi connectivity index (χ1n) is 33.6. The second-order valence-electron chi connectivity index (χ2n) is 26.9. The molecular weight excluding hydrogens is 1160 g/mol. The van der Waals surface area contributed by atoms with Gasteiger partial charge in [0.05, 0.1) is 30.1 Å². The molecule has 1 amide bonds. The number of aryl methyl sites for hydroxylation is 2. The first-order chi connectivity index (χ1) is 43.4. The molecular formula is C70H110N6O15. The monoisotopic (exact) mass is 1270 g/mol. The number of unbranched alkanes of at least 4 members (excludes halogenated alkanes) is 1. The number of hydrogen-bond acceptors (Lipinski definition) is 20. The predicted octanol–water partition coefficient (Wildman–Crippen LogP) is 8.04. The van der Waals surface area contributed by atoms with Gasteiger partial charge in [-0.2, -0.15) is 0 Å². The first-order valence-corrected chi connectivity index (χ1v) is 33.6. The van der Waals surface area contributed by atoms with Gasteiger partial charge in [0.25, 0.3) is 11.7 Å². The number of oxime groups is 1. The maximum atomic E-state index is 14.9. The number of Topliss-reactive ketones (excluding diaryl/α,β-unsaturated/α-hetero) is 2. The number of aliphatic hydroxyl groups excluding tert-OH is 2. The van der Waals surface area contributed by atoms with Gasteiger partial charge in [-0.1, -0.05) is 76.2 Å². The van der Waals surface area contributed by atoms with Crippen LogP contribution >= 0.6 is 0 Å². The molecule has 1 aliphatic carbocycles. The second kappa shape index (κ2) is 37.1. The Morgan fingerprint density at radius 2 is 1.55 bits per heavy atom. The number of cyclic esters (lactones) is 1. The number of likely N-dealkylation sites (N-methyl/N-ethyl adjacent to an activating group) is 1. The molecule has 1 aromatic heterocycles. The lowest BCUT2D eigenvalue weighted by atomic mass is 9.78. The van der Waals surface area contributed by atoms with E-state index in [0.717, 1.165) is 56.7 Å². The van der Waals surface area contributed by atoms with Crippen molar-refractivity contribution < 1.29 is 72.6 Å². The summed E-state index contributed by atoms with van der Waals surface area (Å²) in [6, 6.07) is -1.16. The van der Waals surface area contributed by atoms with E-state index in [2.05, 4.69) is 45.0 Å². The molecule has 5 heterocycles. The Hall–Kier alpha value is -5.10. The summed E-state index contributed by atoms with van der Waals surface area (Å²) in [7, 11) is 6.82. The molecule has 1 saturated carbocycles. The fourth-order valence-electron chi connectivity index (χ4n) is 13.5. The average molecular weight is 1280 g/mol. The highest BCUT2D eigenvalue weighted by Gasteiger charge is 2.53. The lowest BCUT2D eigenvalue weighted by Gasteiger charge is -2.43. The summed E-state index contributed by atoms with van der Waals surface area (Å²) in [5.41, 5.74) is 2.55. The molecule has 1 aromatic rings. The van der Waals surface area contributed by atoms with Gasteiger partial charge in [-0.25, -0.2) is 14.8 Å². The highest BCUT2D eigenvalue weighted by atomic mass is 16.6. The fraction of sp³-hybridized carbons (Fsp3) is 0.743. The Balaban J connectivity index is 1.26. The SMILES string of the molecule is CO[C@H]1C[C@@H]2CC[C@@H](C)[C@@](O)(O2)C(=O)C(=O)N2CCCC[C@H]2C(=O)O[C@H]([C@H](C)C[C@@H]2CC[C@@H](OC(=O)CCCCN3CCN(C)CC3)[C@H](OC)C2)C[C@@H](O)[C@H](C)/C=C(\C)[C@@H](O)[C@@H](OC)C(=NOCC(=O)CCc2cnc(C)nc2)[C@H](C)C[C@H](C)/C=C/C=C/C=C/1C. The van der Waals surface area contributed by atoms with Gasteiger partial charge in [0.15, 0.2) is 12.4 Å². The molecule has 3 N–H and O–H groups in total. The number of fused-ring (bicyclic) bond motifs is 3. The number of ether oxygens (including phenoxy) is 6. The number of esters is 2. The van der Waals surface area contributed by atoms with E-state index >= 15 is 0 Å². The summed E-state index contributed by atoms with van der Waals surface area (Å²) < 4.78 is 36.8. The minimum atomic E-state index is -2.46. The first kappa shape index (κ1) is 74.9. The number of piperidine rings is 1. The Labute approximate surface area is 541 Å². The van der Waals surface area contributed by atoms with E-state index in [-0.39, 0.29) is 73.9 Å². The fourth-order valence-corrected chi connectivity index (χ4v) is 13.5. The summed E-state index contributed by atoms with van der Waals surface area (Å²) >= 11 is 0. The van der Waals surface area contributed by atoms with Crippen molar-refractivity contribution in [2.45, 2.75) is 225 Å². The molecule has 21 nitrogen and oxygen atoms in total. The van der Waals surface area contributed by atoms with E-state index < -0.39 is 84.1 Å². The summed E-state index contributed by atoms with van der Waals surface area (Å²) in [6.45, 7) is 19.8. The van der Waals surface area contributed by atoms with E-state index in [0.29, 0.717) is 94.2 Å². The number of aromatic nitrogens is 2. The minimum absolute atomic E-state index is 0.000284. The summed E-state index contributed by atoms with van der Waals surface area (Å²) in [5, 5.41) is 41.2. The highest BCUT2D eigenvalue weighted by molar-refractivity contribution is 6.39. The Morgan fingerprint density at radius 3 is 2.25 bits per heavy atom. The Bertz CT molecular complexity index is 2640. The standard InChI is InChI=1S/C70H110N6O15/c1-45-20-14-13-15-21-46(2)60(85-10)40-56-28-24-51(7)70(84,91-56)67(81)68(82)76-31-19-16-22-57(76)69(83)90-61(48(4)38-53-26-29-59(62(39-53)86-11)89-63(79)23-17-18-30-75-34-32-74(9)33-35-75)41-58(78)47(3)37-50(6)65(80)66(87-12)64(49(5)36-45)73-88-44-55(77)27-25-54-42-71-52(8)72-43-54/h13-15,20-21,37,42-43,45,47-49,51,53,56-62,65-66,78,80,84H,16-19,22-36,38-41,44H2,1-12H3/b15-13+,20-14+,46-21+,50-37+,73-64?/t45-,47-,48-,49-,51-,53+,56+,57+,58-,59-,60+,61+,62-,65-,66+,70-/m1/s1. The summed E-state index contributed by atoms with van der Waals surface area (Å²) in [4.78, 5) is 90.5. The molecule has 4 aliphatic heterocycles. The smallest absolute Gasteiger partial charge is 0.329 e. The molecule has 5 aliphatic rings. The molecule has 510 valence electrons. The van der Waals surface area contributed by atoms with Crippen molar-refractivity contribution in [3.8, 4) is 0 Å².